The number of ether oxygens (including phenoxy) is 4. The fraction of sp³-hybridized carbons (Fsp3) is 0.533. The minimum Gasteiger partial charge on any atom is -0.497 e. The van der Waals surface area contributed by atoms with Gasteiger partial charge < -0.3 is 34.3 Å². The van der Waals surface area contributed by atoms with E-state index in [4.69, 9.17) is 18.9 Å². The summed E-state index contributed by atoms with van der Waals surface area (Å²) in [5.74, 6) is 2.02. The van der Waals surface area contributed by atoms with Crippen molar-refractivity contribution in [3.05, 3.63) is 47.5 Å². The maximum absolute atomic E-state index is 12.9. The zero-order valence-electron chi connectivity index (χ0n) is 23.5. The first-order valence-corrected chi connectivity index (χ1v) is 13.6. The van der Waals surface area contributed by atoms with Crippen molar-refractivity contribution >= 4 is 11.7 Å². The summed E-state index contributed by atoms with van der Waals surface area (Å²) in [4.78, 5) is 27.6. The largest absolute Gasteiger partial charge is 0.497 e. The molecule has 9 heteroatoms. The van der Waals surface area contributed by atoms with E-state index in [0.29, 0.717) is 60.6 Å². The predicted molar refractivity (Wildman–Crippen MR) is 149 cm³/mol. The summed E-state index contributed by atoms with van der Waals surface area (Å²) in [6.07, 6.45) is 4.15. The zero-order valence-corrected chi connectivity index (χ0v) is 23.5. The van der Waals surface area contributed by atoms with E-state index >= 15 is 0 Å². The van der Waals surface area contributed by atoms with Gasteiger partial charge in [-0.2, -0.15) is 0 Å². The molecule has 0 aliphatic carbocycles. The maximum atomic E-state index is 12.9. The van der Waals surface area contributed by atoms with Gasteiger partial charge in [-0.3, -0.25) is 9.59 Å². The number of hydrogen-bond acceptors (Lipinski definition) is 8. The van der Waals surface area contributed by atoms with E-state index in [9.17, 15) is 14.7 Å². The predicted octanol–water partition coefficient (Wildman–Crippen LogP) is 4.17. The van der Waals surface area contributed by atoms with Crippen LogP contribution < -0.4 is 24.3 Å². The highest BCUT2D eigenvalue weighted by atomic mass is 16.5. The number of likely N-dealkylation sites (tertiary alicyclic amines) is 1. The van der Waals surface area contributed by atoms with Crippen LogP contribution in [0.5, 0.6) is 23.0 Å². The normalized spacial score (nSPS) is 14.9. The number of nitrogens with zero attached hydrogens (tertiary/aromatic N) is 1. The van der Waals surface area contributed by atoms with E-state index in [-0.39, 0.29) is 11.7 Å². The van der Waals surface area contributed by atoms with Crippen LogP contribution in [-0.4, -0.2) is 75.8 Å². The number of nitrogens with one attached hydrogen (secondary N) is 1. The van der Waals surface area contributed by atoms with Crippen molar-refractivity contribution in [1.82, 2.24) is 10.2 Å². The molecule has 39 heavy (non-hydrogen) atoms. The molecule has 1 amide bonds. The number of benzene rings is 2. The molecule has 2 aromatic carbocycles. The van der Waals surface area contributed by atoms with Gasteiger partial charge in [0.1, 0.15) is 11.9 Å². The lowest BCUT2D eigenvalue weighted by Crippen LogP contribution is -2.46. The Kier molecular flexibility index (Phi) is 11.9. The van der Waals surface area contributed by atoms with E-state index in [0.717, 1.165) is 38.1 Å². The summed E-state index contributed by atoms with van der Waals surface area (Å²) in [5.41, 5.74) is 1.24. The van der Waals surface area contributed by atoms with Crippen LogP contribution in [0.4, 0.5) is 0 Å². The minimum absolute atomic E-state index is 0.0845. The molecule has 0 spiro atoms. The average molecular weight is 543 g/mol. The molecular weight excluding hydrogens is 500 g/mol. The van der Waals surface area contributed by atoms with Gasteiger partial charge in [0.2, 0.25) is 11.7 Å². The minimum atomic E-state index is -0.967. The SMILES string of the molecule is COc1ccc(C(=O)CCCCCC(=O)N[C@H](CN2CCCC2)[C@H](O)c2cc(OC)c(OC)c(OC)c2)cc1. The molecule has 2 atom stereocenters. The number of hydrogen-bond donors (Lipinski definition) is 2. The molecule has 3 rings (SSSR count). The Labute approximate surface area is 231 Å². The number of unbranched alkanes of at least 4 members (excludes halogenated alkanes) is 2. The third kappa shape index (κ3) is 8.60. The number of rotatable bonds is 16. The summed E-state index contributed by atoms with van der Waals surface area (Å²) in [7, 11) is 6.18. The van der Waals surface area contributed by atoms with E-state index < -0.39 is 12.1 Å². The molecule has 2 aromatic rings. The second-order valence-corrected chi connectivity index (χ2v) is 9.80. The van der Waals surface area contributed by atoms with Gasteiger partial charge in [0.05, 0.1) is 34.5 Å². The third-order valence-corrected chi connectivity index (χ3v) is 7.13. The molecule has 0 aromatic heterocycles. The van der Waals surface area contributed by atoms with Crippen LogP contribution in [0.2, 0.25) is 0 Å². The van der Waals surface area contributed by atoms with Crippen molar-refractivity contribution in [2.75, 3.05) is 48.1 Å². The van der Waals surface area contributed by atoms with Crippen molar-refractivity contribution in [1.29, 1.82) is 0 Å². The maximum Gasteiger partial charge on any atom is 0.220 e. The number of methoxy groups -OCH3 is 4. The van der Waals surface area contributed by atoms with Crippen molar-refractivity contribution in [3.8, 4) is 23.0 Å². The van der Waals surface area contributed by atoms with E-state index in [1.807, 2.05) is 0 Å². The van der Waals surface area contributed by atoms with Crippen molar-refractivity contribution in [3.63, 3.8) is 0 Å². The monoisotopic (exact) mass is 542 g/mol. The standard InChI is InChI=1S/C30H42N2O7/c1-36-23-14-12-21(13-15-23)25(33)10-6-5-7-11-28(34)31-24(20-32-16-8-9-17-32)29(35)22-18-26(37-2)30(39-4)27(19-22)38-3/h12-15,18-19,24,29,35H,5-11,16-17,20H2,1-4H3,(H,31,34)/t24-,29-/m1/s1. The molecule has 9 nitrogen and oxygen atoms in total. The molecule has 214 valence electrons. The summed E-state index contributed by atoms with van der Waals surface area (Å²) in [5, 5.41) is 14.4. The molecule has 2 N–H and O–H groups in total. The molecule has 1 fully saturated rings. The first-order chi connectivity index (χ1) is 18.9. The quantitative estimate of drug-likeness (QED) is 0.241. The Morgan fingerprint density at radius 2 is 1.49 bits per heavy atom. The first-order valence-electron chi connectivity index (χ1n) is 13.6. The Hall–Kier alpha value is -3.30. The van der Waals surface area contributed by atoms with Gasteiger partial charge in [0.15, 0.2) is 17.3 Å². The molecule has 0 radical (unpaired) electrons. The molecule has 0 unspecified atom stereocenters. The van der Waals surface area contributed by atoms with E-state index in [1.54, 1.807) is 43.5 Å². The fourth-order valence-electron chi connectivity index (χ4n) is 4.92. The third-order valence-electron chi connectivity index (χ3n) is 7.13. The lowest BCUT2D eigenvalue weighted by atomic mass is 10.00. The zero-order chi connectivity index (χ0) is 28.2. The van der Waals surface area contributed by atoms with E-state index in [2.05, 4.69) is 10.2 Å². The lowest BCUT2D eigenvalue weighted by molar-refractivity contribution is -0.123. The van der Waals surface area contributed by atoms with Crippen LogP contribution in [-0.2, 0) is 4.79 Å². The average Bonchev–Trinajstić information content (AvgIpc) is 3.48. The number of aliphatic hydroxyl groups excluding tert-OH is 1. The van der Waals surface area contributed by atoms with Gasteiger partial charge in [-0.25, -0.2) is 0 Å². The topological polar surface area (TPSA) is 107 Å². The van der Waals surface area contributed by atoms with Crippen LogP contribution in [0.25, 0.3) is 0 Å². The highest BCUT2D eigenvalue weighted by Crippen LogP contribution is 2.40. The van der Waals surface area contributed by atoms with Gasteiger partial charge in [-0.05, 0) is 80.7 Å². The summed E-state index contributed by atoms with van der Waals surface area (Å²) >= 11 is 0. The Balaban J connectivity index is 1.56. The van der Waals surface area contributed by atoms with Crippen LogP contribution >= 0.6 is 0 Å². The number of aliphatic hydroxyl groups is 1. The number of carbonyl (C=O) groups is 2. The molecular formula is C30H42N2O7. The smallest absolute Gasteiger partial charge is 0.220 e. The van der Waals surface area contributed by atoms with Crippen molar-refractivity contribution in [2.45, 2.75) is 57.1 Å². The molecule has 1 heterocycles. The fourth-order valence-corrected chi connectivity index (χ4v) is 4.92. The summed E-state index contributed by atoms with van der Waals surface area (Å²) < 4.78 is 21.4. The number of carbonyl (C=O) groups excluding carboxylic acids is 2. The second kappa shape index (κ2) is 15.3. The Morgan fingerprint density at radius 3 is 2.05 bits per heavy atom. The first kappa shape index (κ1) is 30.2. The van der Waals surface area contributed by atoms with Crippen molar-refractivity contribution in [2.24, 2.45) is 0 Å². The number of Topliss-reactive ketones (excluding diaryl/α,β-unsaturated/α-hetero) is 1. The second-order valence-electron chi connectivity index (χ2n) is 9.80. The van der Waals surface area contributed by atoms with Gasteiger partial charge >= 0.3 is 0 Å². The summed E-state index contributed by atoms with van der Waals surface area (Å²) in [6, 6.07) is 10.0. The molecule has 1 aliphatic rings. The highest BCUT2D eigenvalue weighted by molar-refractivity contribution is 5.96. The number of ketones is 1. The van der Waals surface area contributed by atoms with Crippen LogP contribution in [0.1, 0.15) is 67.0 Å². The summed E-state index contributed by atoms with van der Waals surface area (Å²) in [6.45, 7) is 2.42. The lowest BCUT2D eigenvalue weighted by Gasteiger charge is -2.29. The van der Waals surface area contributed by atoms with E-state index in [1.165, 1.54) is 21.3 Å². The highest BCUT2D eigenvalue weighted by Gasteiger charge is 2.28. The van der Waals surface area contributed by atoms with Crippen LogP contribution in [0.3, 0.4) is 0 Å². The molecule has 0 bridgehead atoms. The van der Waals surface area contributed by atoms with Crippen LogP contribution in [0, 0.1) is 0 Å². The van der Waals surface area contributed by atoms with Crippen LogP contribution in [0.15, 0.2) is 36.4 Å². The van der Waals surface area contributed by atoms with Crippen molar-refractivity contribution < 1.29 is 33.6 Å². The Bertz CT molecular complexity index is 1040. The van der Waals surface area contributed by atoms with Gasteiger partial charge in [0.25, 0.3) is 0 Å². The Morgan fingerprint density at radius 1 is 0.872 bits per heavy atom. The van der Waals surface area contributed by atoms with Gasteiger partial charge in [-0.1, -0.05) is 6.42 Å². The van der Waals surface area contributed by atoms with Gasteiger partial charge in [-0.15, -0.1) is 0 Å². The molecule has 0 saturated carbocycles. The van der Waals surface area contributed by atoms with Gasteiger partial charge in [0, 0.05) is 24.9 Å². The number of amides is 1. The molecule has 1 aliphatic heterocycles. The molecule has 1 saturated heterocycles.